The van der Waals surface area contributed by atoms with Crippen LogP contribution in [0.15, 0.2) is 0 Å². The summed E-state index contributed by atoms with van der Waals surface area (Å²) in [5, 5.41) is 10.2. The van der Waals surface area contributed by atoms with E-state index >= 15 is 0 Å². The molecule has 0 aromatic heterocycles. The van der Waals surface area contributed by atoms with Gasteiger partial charge in [-0.05, 0) is 25.2 Å². The van der Waals surface area contributed by atoms with Crippen molar-refractivity contribution in [2.24, 2.45) is 5.92 Å². The summed E-state index contributed by atoms with van der Waals surface area (Å²) in [5.41, 5.74) is 0. The molecule has 6 nitrogen and oxygen atoms in total. The van der Waals surface area contributed by atoms with E-state index in [1.165, 1.54) is 32.1 Å². The topological polar surface area (TPSA) is 62.2 Å². The maximum atomic E-state index is 12.5. The van der Waals surface area contributed by atoms with Crippen molar-refractivity contribution in [2.75, 3.05) is 52.5 Å². The summed E-state index contributed by atoms with van der Waals surface area (Å²) in [5.74, 6) is 1.09. The normalized spacial score (nSPS) is 26.4. The van der Waals surface area contributed by atoms with E-state index in [1.807, 2.05) is 4.90 Å². The fourth-order valence-electron chi connectivity index (χ4n) is 4.60. The lowest BCUT2D eigenvalue weighted by Gasteiger charge is -2.36. The highest BCUT2D eigenvalue weighted by Gasteiger charge is 2.24. The van der Waals surface area contributed by atoms with Crippen LogP contribution in [0.4, 0.5) is 0 Å². The van der Waals surface area contributed by atoms with Crippen LogP contribution in [0.3, 0.4) is 0 Å². The molecule has 2 saturated heterocycles. The van der Waals surface area contributed by atoms with E-state index in [9.17, 15) is 9.90 Å². The molecule has 1 amide bonds. The van der Waals surface area contributed by atoms with Gasteiger partial charge in [-0.1, -0.05) is 32.1 Å². The second-order valence-electron chi connectivity index (χ2n) is 8.55. The Kier molecular flexibility index (Phi) is 8.84. The zero-order chi connectivity index (χ0) is 18.9. The first-order valence-corrected chi connectivity index (χ1v) is 11.1. The molecule has 27 heavy (non-hydrogen) atoms. The third kappa shape index (κ3) is 7.33. The van der Waals surface area contributed by atoms with Crippen molar-refractivity contribution < 1.29 is 19.4 Å². The van der Waals surface area contributed by atoms with E-state index in [2.05, 4.69) is 4.90 Å². The Bertz CT molecular complexity index is 428. The molecular weight excluding hydrogens is 344 g/mol. The van der Waals surface area contributed by atoms with Crippen molar-refractivity contribution in [3.8, 4) is 0 Å². The molecule has 0 spiro atoms. The number of rotatable bonds is 9. The number of hydrogen-bond donors (Lipinski definition) is 1. The summed E-state index contributed by atoms with van der Waals surface area (Å²) >= 11 is 0. The van der Waals surface area contributed by atoms with Gasteiger partial charge in [0.15, 0.2) is 0 Å². The predicted octanol–water partition coefficient (Wildman–Crippen LogP) is 2.05. The van der Waals surface area contributed by atoms with Gasteiger partial charge in [0.05, 0.1) is 25.4 Å². The second kappa shape index (κ2) is 11.3. The van der Waals surface area contributed by atoms with Crippen molar-refractivity contribution in [3.05, 3.63) is 0 Å². The quantitative estimate of drug-likeness (QED) is 0.661. The number of aliphatic hydroxyl groups excluding tert-OH is 1. The third-order valence-corrected chi connectivity index (χ3v) is 6.32. The molecule has 2 heterocycles. The molecule has 0 aromatic rings. The summed E-state index contributed by atoms with van der Waals surface area (Å²) in [4.78, 5) is 16.7. The van der Waals surface area contributed by atoms with Crippen LogP contribution in [-0.4, -0.2) is 85.6 Å². The van der Waals surface area contributed by atoms with Gasteiger partial charge in [-0.3, -0.25) is 9.69 Å². The Hall–Kier alpha value is -0.690. The number of aliphatic hydroxyl groups is 1. The zero-order valence-electron chi connectivity index (χ0n) is 16.8. The average molecular weight is 383 g/mol. The van der Waals surface area contributed by atoms with E-state index < -0.39 is 6.10 Å². The lowest BCUT2D eigenvalue weighted by molar-refractivity contribution is -0.133. The van der Waals surface area contributed by atoms with Crippen LogP contribution in [0.25, 0.3) is 0 Å². The molecule has 2 aliphatic heterocycles. The van der Waals surface area contributed by atoms with Gasteiger partial charge >= 0.3 is 0 Å². The number of nitrogens with zero attached hydrogens (tertiary/aromatic N) is 2. The molecule has 0 radical (unpaired) electrons. The minimum Gasteiger partial charge on any atom is -0.389 e. The standard InChI is InChI=1S/C21H38N2O4/c24-19(16-26-17-20-7-4-14-27-20)15-22-10-12-23(13-11-22)21(25)9-8-18-5-2-1-3-6-18/h18-20,24H,1-17H2. The summed E-state index contributed by atoms with van der Waals surface area (Å²) in [7, 11) is 0. The number of carbonyl (C=O) groups excluding carboxylic acids is 1. The van der Waals surface area contributed by atoms with Gasteiger partial charge in [0.1, 0.15) is 0 Å². The highest BCUT2D eigenvalue weighted by molar-refractivity contribution is 5.76. The van der Waals surface area contributed by atoms with E-state index in [-0.39, 0.29) is 6.10 Å². The molecule has 2 atom stereocenters. The number of amides is 1. The van der Waals surface area contributed by atoms with Crippen molar-refractivity contribution in [2.45, 2.75) is 70.0 Å². The Morgan fingerprint density at radius 1 is 1.07 bits per heavy atom. The molecule has 2 unspecified atom stereocenters. The molecular formula is C21H38N2O4. The number of carbonyl (C=O) groups is 1. The lowest BCUT2D eigenvalue weighted by atomic mass is 9.86. The van der Waals surface area contributed by atoms with E-state index in [4.69, 9.17) is 9.47 Å². The fraction of sp³-hybridized carbons (Fsp3) is 0.952. The molecule has 1 N–H and O–H groups in total. The van der Waals surface area contributed by atoms with Gasteiger partial charge < -0.3 is 19.5 Å². The highest BCUT2D eigenvalue weighted by Crippen LogP contribution is 2.27. The third-order valence-electron chi connectivity index (χ3n) is 6.32. The van der Waals surface area contributed by atoms with Gasteiger partial charge in [0.25, 0.3) is 0 Å². The van der Waals surface area contributed by atoms with Crippen molar-refractivity contribution in [1.29, 1.82) is 0 Å². The smallest absolute Gasteiger partial charge is 0.222 e. The first kappa shape index (κ1) is 21.0. The summed E-state index contributed by atoms with van der Waals surface area (Å²) < 4.78 is 11.1. The number of piperazine rings is 1. The number of β-amino-alcohol motifs (C(OH)–C–C–N with tert-alkyl or cyclic N) is 1. The van der Waals surface area contributed by atoms with Gasteiger partial charge in [-0.2, -0.15) is 0 Å². The summed E-state index contributed by atoms with van der Waals surface area (Å²) in [6.45, 7) is 5.66. The van der Waals surface area contributed by atoms with E-state index in [0.29, 0.717) is 32.1 Å². The first-order valence-electron chi connectivity index (χ1n) is 11.1. The van der Waals surface area contributed by atoms with Gasteiger partial charge in [0.2, 0.25) is 5.91 Å². The van der Waals surface area contributed by atoms with Crippen LogP contribution < -0.4 is 0 Å². The maximum absolute atomic E-state index is 12.5. The van der Waals surface area contributed by atoms with Crippen molar-refractivity contribution in [3.63, 3.8) is 0 Å². The predicted molar refractivity (Wildman–Crippen MR) is 105 cm³/mol. The number of ether oxygens (including phenoxy) is 2. The van der Waals surface area contributed by atoms with Gasteiger partial charge in [-0.15, -0.1) is 0 Å². The van der Waals surface area contributed by atoms with Crippen LogP contribution in [0, 0.1) is 5.92 Å². The Morgan fingerprint density at radius 2 is 1.85 bits per heavy atom. The summed E-state index contributed by atoms with van der Waals surface area (Å²) in [6, 6.07) is 0. The zero-order valence-corrected chi connectivity index (χ0v) is 16.8. The number of hydrogen-bond acceptors (Lipinski definition) is 5. The lowest BCUT2D eigenvalue weighted by Crippen LogP contribution is -2.50. The molecule has 3 rings (SSSR count). The Morgan fingerprint density at radius 3 is 2.56 bits per heavy atom. The first-order chi connectivity index (χ1) is 13.2. The SMILES string of the molecule is O=C(CCC1CCCCC1)N1CCN(CC(O)COCC2CCCO2)CC1. The maximum Gasteiger partial charge on any atom is 0.222 e. The minimum atomic E-state index is -0.472. The van der Waals surface area contributed by atoms with E-state index in [1.54, 1.807) is 0 Å². The van der Waals surface area contributed by atoms with Crippen LogP contribution >= 0.6 is 0 Å². The summed E-state index contributed by atoms with van der Waals surface area (Å²) in [6.07, 6.45) is 10.4. The molecule has 0 bridgehead atoms. The Labute approximate surface area is 164 Å². The monoisotopic (exact) mass is 382 g/mol. The molecule has 3 fully saturated rings. The minimum absolute atomic E-state index is 0.209. The fourth-order valence-corrected chi connectivity index (χ4v) is 4.60. The van der Waals surface area contributed by atoms with Crippen LogP contribution in [-0.2, 0) is 14.3 Å². The largest absolute Gasteiger partial charge is 0.389 e. The molecule has 1 aliphatic carbocycles. The highest BCUT2D eigenvalue weighted by atomic mass is 16.5. The van der Waals surface area contributed by atoms with Gasteiger partial charge in [-0.25, -0.2) is 0 Å². The van der Waals surface area contributed by atoms with Crippen molar-refractivity contribution in [1.82, 2.24) is 9.80 Å². The van der Waals surface area contributed by atoms with Gasteiger partial charge in [0, 0.05) is 45.8 Å². The van der Waals surface area contributed by atoms with Crippen LogP contribution in [0.1, 0.15) is 57.8 Å². The molecule has 0 aromatic carbocycles. The Balaban J connectivity index is 1.24. The van der Waals surface area contributed by atoms with Crippen LogP contribution in [0.5, 0.6) is 0 Å². The van der Waals surface area contributed by atoms with Crippen molar-refractivity contribution >= 4 is 5.91 Å². The molecule has 3 aliphatic rings. The van der Waals surface area contributed by atoms with Crippen LogP contribution in [0.2, 0.25) is 0 Å². The molecule has 1 saturated carbocycles. The second-order valence-corrected chi connectivity index (χ2v) is 8.55. The molecule has 6 heteroatoms. The van der Waals surface area contributed by atoms with E-state index in [0.717, 1.165) is 58.0 Å². The molecule has 156 valence electrons. The average Bonchev–Trinajstić information content (AvgIpc) is 3.21.